The number of hydrazone groups is 1. The van der Waals surface area contributed by atoms with E-state index in [1.54, 1.807) is 6.21 Å². The van der Waals surface area contributed by atoms with Crippen molar-refractivity contribution in [1.29, 1.82) is 0 Å². The van der Waals surface area contributed by atoms with Crippen LogP contribution in [0.1, 0.15) is 24.9 Å². The summed E-state index contributed by atoms with van der Waals surface area (Å²) in [6.45, 7) is 0. The highest BCUT2D eigenvalue weighted by Crippen LogP contribution is 2.27. The zero-order valence-electron chi connectivity index (χ0n) is 14.0. The molecular weight excluding hydrogens is 360 g/mol. The van der Waals surface area contributed by atoms with Crippen LogP contribution in [0, 0.1) is 0 Å². The molecule has 27 heavy (non-hydrogen) atoms. The lowest BCUT2D eigenvalue weighted by Crippen LogP contribution is -2.16. The number of fused-ring (bicyclic) bond motifs is 2. The minimum absolute atomic E-state index is 0.115. The number of benzene rings is 3. The average Bonchev–Trinajstić information content (AvgIpc) is 3.18. The summed E-state index contributed by atoms with van der Waals surface area (Å²) in [7, 11) is 0. The first kappa shape index (κ1) is 16.9. The lowest BCUT2D eigenvalue weighted by atomic mass is 9.97. The van der Waals surface area contributed by atoms with Crippen molar-refractivity contribution in [2.45, 2.75) is 0 Å². The topological polar surface area (TPSA) is 78.8 Å². The summed E-state index contributed by atoms with van der Waals surface area (Å²) in [6.07, 6.45) is 1.63. The minimum Gasteiger partial charge on any atom is -0.477 e. The molecule has 1 amide bonds. The number of hydrogen-bond donors (Lipinski definition) is 2. The molecule has 0 aliphatic heterocycles. The number of rotatable bonds is 4. The number of hydrogen-bond acceptors (Lipinski definition) is 4. The van der Waals surface area contributed by atoms with Crippen LogP contribution in [-0.4, -0.2) is 23.2 Å². The van der Waals surface area contributed by atoms with Gasteiger partial charge in [0.05, 0.1) is 11.1 Å². The summed E-state index contributed by atoms with van der Waals surface area (Å²) in [5.74, 6) is -1.49. The van der Waals surface area contributed by atoms with Crippen molar-refractivity contribution in [1.82, 2.24) is 5.43 Å². The number of aromatic carboxylic acids is 1. The van der Waals surface area contributed by atoms with Gasteiger partial charge in [-0.15, -0.1) is 11.3 Å². The Morgan fingerprint density at radius 2 is 1.48 bits per heavy atom. The van der Waals surface area contributed by atoms with Gasteiger partial charge in [0.1, 0.15) is 4.88 Å². The smallest absolute Gasteiger partial charge is 0.345 e. The zero-order chi connectivity index (χ0) is 18.8. The number of nitrogens with one attached hydrogen (secondary N) is 1. The molecule has 0 fully saturated rings. The van der Waals surface area contributed by atoms with Gasteiger partial charge in [-0.25, -0.2) is 10.2 Å². The molecule has 0 bridgehead atoms. The third kappa shape index (κ3) is 3.30. The second kappa shape index (κ2) is 7.01. The molecule has 0 unspecified atom stereocenters. The van der Waals surface area contributed by atoms with E-state index < -0.39 is 11.9 Å². The molecule has 4 aromatic rings. The normalized spacial score (nSPS) is 11.3. The van der Waals surface area contributed by atoms with Crippen LogP contribution < -0.4 is 5.43 Å². The van der Waals surface area contributed by atoms with E-state index in [-0.39, 0.29) is 4.88 Å². The molecule has 0 saturated heterocycles. The summed E-state index contributed by atoms with van der Waals surface area (Å²) in [5.41, 5.74) is 3.40. The molecule has 0 aliphatic carbocycles. The fraction of sp³-hybridized carbons (Fsp3) is 0. The first-order chi connectivity index (χ1) is 13.1. The Hall–Kier alpha value is -3.51. The van der Waals surface area contributed by atoms with Crippen molar-refractivity contribution in [2.24, 2.45) is 5.10 Å². The summed E-state index contributed by atoms with van der Waals surface area (Å²) in [5, 5.41) is 17.3. The Bertz CT molecular complexity index is 1160. The molecular formula is C21H14N2O3S. The van der Waals surface area contributed by atoms with Crippen molar-refractivity contribution < 1.29 is 14.7 Å². The van der Waals surface area contributed by atoms with Crippen LogP contribution in [0.15, 0.2) is 71.8 Å². The molecule has 132 valence electrons. The van der Waals surface area contributed by atoms with Gasteiger partial charge in [-0.05, 0) is 39.7 Å². The predicted molar refractivity (Wildman–Crippen MR) is 108 cm³/mol. The van der Waals surface area contributed by atoms with E-state index in [9.17, 15) is 9.59 Å². The summed E-state index contributed by atoms with van der Waals surface area (Å²) >= 11 is 0.915. The predicted octanol–water partition coefficient (Wildman–Crippen LogP) is 4.52. The molecule has 0 aliphatic rings. The van der Waals surface area contributed by atoms with Gasteiger partial charge in [0.25, 0.3) is 5.91 Å². The zero-order valence-corrected chi connectivity index (χ0v) is 14.9. The molecule has 0 atom stereocenters. The molecule has 6 heteroatoms. The van der Waals surface area contributed by atoms with Crippen molar-refractivity contribution >= 4 is 51.0 Å². The fourth-order valence-corrected chi connectivity index (χ4v) is 3.71. The molecule has 0 saturated carbocycles. The summed E-state index contributed by atoms with van der Waals surface area (Å²) in [6, 6.07) is 21.0. The molecule has 2 N–H and O–H groups in total. The van der Waals surface area contributed by atoms with Crippen LogP contribution in [0.25, 0.3) is 21.5 Å². The van der Waals surface area contributed by atoms with E-state index >= 15 is 0 Å². The number of nitrogens with zero attached hydrogens (tertiary/aromatic N) is 1. The van der Waals surface area contributed by atoms with E-state index in [1.807, 2.05) is 48.5 Å². The highest BCUT2D eigenvalue weighted by atomic mass is 32.1. The van der Waals surface area contributed by atoms with Gasteiger partial charge in [0.15, 0.2) is 0 Å². The monoisotopic (exact) mass is 374 g/mol. The number of carbonyl (C=O) groups excluding carboxylic acids is 1. The van der Waals surface area contributed by atoms with Gasteiger partial charge in [0.2, 0.25) is 0 Å². The van der Waals surface area contributed by atoms with Gasteiger partial charge in [0, 0.05) is 5.56 Å². The summed E-state index contributed by atoms with van der Waals surface area (Å²) in [4.78, 5) is 23.5. The van der Waals surface area contributed by atoms with Crippen LogP contribution in [0.5, 0.6) is 0 Å². The van der Waals surface area contributed by atoms with Crippen molar-refractivity contribution in [3.05, 3.63) is 82.0 Å². The first-order valence-electron chi connectivity index (χ1n) is 8.20. The molecule has 5 nitrogen and oxygen atoms in total. The van der Waals surface area contributed by atoms with Crippen LogP contribution in [0.4, 0.5) is 0 Å². The van der Waals surface area contributed by atoms with E-state index in [2.05, 4.69) is 16.6 Å². The molecule has 0 spiro atoms. The number of carboxylic acids is 1. The van der Waals surface area contributed by atoms with E-state index in [0.29, 0.717) is 4.88 Å². The lowest BCUT2D eigenvalue weighted by molar-refractivity contribution is 0.0702. The number of carbonyl (C=O) groups is 2. The maximum atomic E-state index is 12.2. The van der Waals surface area contributed by atoms with E-state index in [1.165, 1.54) is 12.1 Å². The number of thiophene rings is 1. The van der Waals surface area contributed by atoms with Crippen molar-refractivity contribution in [2.75, 3.05) is 0 Å². The van der Waals surface area contributed by atoms with Gasteiger partial charge < -0.3 is 5.11 Å². The SMILES string of the molecule is O=C(O)c1ccc(C(=O)NN=Cc2c3ccccc3cc3ccccc23)s1. The van der Waals surface area contributed by atoms with Crippen LogP contribution >= 0.6 is 11.3 Å². The second-order valence-corrected chi connectivity index (χ2v) is 6.98. The number of carboxylic acid groups (broad SMARTS) is 1. The molecule has 3 aromatic carbocycles. The van der Waals surface area contributed by atoms with Gasteiger partial charge in [-0.1, -0.05) is 48.5 Å². The van der Waals surface area contributed by atoms with Gasteiger partial charge in [-0.2, -0.15) is 5.10 Å². The lowest BCUT2D eigenvalue weighted by Gasteiger charge is -2.07. The van der Waals surface area contributed by atoms with Crippen LogP contribution in [0.3, 0.4) is 0 Å². The Morgan fingerprint density at radius 1 is 0.889 bits per heavy atom. The maximum absolute atomic E-state index is 12.2. The largest absolute Gasteiger partial charge is 0.477 e. The molecule has 1 aromatic heterocycles. The highest BCUT2D eigenvalue weighted by Gasteiger charge is 2.12. The average molecular weight is 374 g/mol. The van der Waals surface area contributed by atoms with Crippen LogP contribution in [-0.2, 0) is 0 Å². The van der Waals surface area contributed by atoms with Crippen molar-refractivity contribution in [3.63, 3.8) is 0 Å². The standard InChI is InChI=1S/C21H14N2O3S/c24-20(18-9-10-19(27-18)21(25)26)23-22-12-17-15-7-3-1-5-13(15)11-14-6-2-4-8-16(14)17/h1-12H,(H,23,24)(H,25,26). The Kier molecular flexibility index (Phi) is 4.40. The Balaban J connectivity index is 1.67. The number of amides is 1. The van der Waals surface area contributed by atoms with E-state index in [0.717, 1.165) is 38.4 Å². The molecule has 0 radical (unpaired) electrons. The van der Waals surface area contributed by atoms with Gasteiger partial charge >= 0.3 is 5.97 Å². The minimum atomic E-state index is -1.05. The summed E-state index contributed by atoms with van der Waals surface area (Å²) < 4.78 is 0. The Morgan fingerprint density at radius 3 is 2.07 bits per heavy atom. The Labute approximate surface area is 158 Å². The second-order valence-electron chi connectivity index (χ2n) is 5.90. The highest BCUT2D eigenvalue weighted by molar-refractivity contribution is 7.15. The third-order valence-electron chi connectivity index (χ3n) is 4.21. The fourth-order valence-electron chi connectivity index (χ4n) is 2.97. The third-order valence-corrected chi connectivity index (χ3v) is 5.29. The van der Waals surface area contributed by atoms with Crippen LogP contribution in [0.2, 0.25) is 0 Å². The van der Waals surface area contributed by atoms with E-state index in [4.69, 9.17) is 5.11 Å². The van der Waals surface area contributed by atoms with Crippen molar-refractivity contribution in [3.8, 4) is 0 Å². The quantitative estimate of drug-likeness (QED) is 0.313. The molecule has 1 heterocycles. The van der Waals surface area contributed by atoms with Gasteiger partial charge in [-0.3, -0.25) is 4.79 Å². The maximum Gasteiger partial charge on any atom is 0.345 e. The first-order valence-corrected chi connectivity index (χ1v) is 9.02. The molecule has 4 rings (SSSR count).